The number of hydrogen-bond acceptors (Lipinski definition) is 4. The van der Waals surface area contributed by atoms with Gasteiger partial charge < -0.3 is 9.32 Å². The molecule has 0 atom stereocenters. The Morgan fingerprint density at radius 2 is 1.79 bits per heavy atom. The first-order valence-corrected chi connectivity index (χ1v) is 8.23. The lowest BCUT2D eigenvalue weighted by Gasteiger charge is -2.34. The number of piperidine rings is 1. The summed E-state index contributed by atoms with van der Waals surface area (Å²) in [4.78, 5) is 14.2. The van der Waals surface area contributed by atoms with Crippen LogP contribution < -0.4 is 0 Å². The number of rotatable bonds is 2. The van der Waals surface area contributed by atoms with Gasteiger partial charge in [0, 0.05) is 30.0 Å². The standard InChI is InChI=1S/C18H22FN3O2/c1-18(2,3)17(23)22-10-8-13(9-11-22)16-21-20-15(24-16)12-4-6-14(19)7-5-12/h4-7,13H,8-11H2,1-3H3. The number of nitrogens with zero attached hydrogens (tertiary/aromatic N) is 3. The third kappa shape index (κ3) is 3.47. The van der Waals surface area contributed by atoms with Crippen molar-refractivity contribution in [2.75, 3.05) is 13.1 Å². The minimum Gasteiger partial charge on any atom is -0.420 e. The van der Waals surface area contributed by atoms with E-state index in [4.69, 9.17) is 4.42 Å². The van der Waals surface area contributed by atoms with E-state index >= 15 is 0 Å². The molecule has 0 N–H and O–H groups in total. The highest BCUT2D eigenvalue weighted by atomic mass is 19.1. The molecule has 6 heteroatoms. The third-order valence-electron chi connectivity index (χ3n) is 4.30. The average molecular weight is 331 g/mol. The second-order valence-electron chi connectivity index (χ2n) is 7.27. The van der Waals surface area contributed by atoms with Crippen molar-refractivity contribution in [1.29, 1.82) is 0 Å². The molecule has 0 radical (unpaired) electrons. The minimum absolute atomic E-state index is 0.163. The zero-order valence-corrected chi connectivity index (χ0v) is 14.3. The number of halogens is 1. The molecule has 1 aromatic heterocycles. The van der Waals surface area contributed by atoms with Crippen molar-refractivity contribution in [3.05, 3.63) is 36.0 Å². The van der Waals surface area contributed by atoms with Crippen LogP contribution in [0.3, 0.4) is 0 Å². The number of aromatic nitrogens is 2. The van der Waals surface area contributed by atoms with Crippen LogP contribution in [0.1, 0.15) is 45.4 Å². The Labute approximate surface area is 140 Å². The number of hydrogen-bond donors (Lipinski definition) is 0. The van der Waals surface area contributed by atoms with Crippen LogP contribution in [-0.2, 0) is 4.79 Å². The van der Waals surface area contributed by atoms with Gasteiger partial charge in [0.1, 0.15) is 5.82 Å². The molecule has 2 heterocycles. The van der Waals surface area contributed by atoms with E-state index in [0.29, 0.717) is 30.4 Å². The van der Waals surface area contributed by atoms with E-state index in [-0.39, 0.29) is 23.1 Å². The Morgan fingerprint density at radius 1 is 1.17 bits per heavy atom. The highest BCUT2D eigenvalue weighted by Gasteiger charge is 2.32. The molecule has 1 amide bonds. The summed E-state index contributed by atoms with van der Waals surface area (Å²) in [5, 5.41) is 8.21. The summed E-state index contributed by atoms with van der Waals surface area (Å²) in [5.74, 6) is 1.04. The number of carbonyl (C=O) groups excluding carboxylic acids is 1. The first kappa shape index (κ1) is 16.6. The van der Waals surface area contributed by atoms with Crippen LogP contribution in [0.25, 0.3) is 11.5 Å². The van der Waals surface area contributed by atoms with Gasteiger partial charge in [-0.3, -0.25) is 4.79 Å². The van der Waals surface area contributed by atoms with E-state index in [9.17, 15) is 9.18 Å². The molecule has 1 saturated heterocycles. The van der Waals surface area contributed by atoms with Gasteiger partial charge in [-0.05, 0) is 37.1 Å². The Bertz CT molecular complexity index is 711. The predicted octanol–water partition coefficient (Wildman–Crippen LogP) is 3.63. The van der Waals surface area contributed by atoms with Crippen LogP contribution in [0.5, 0.6) is 0 Å². The molecule has 0 spiro atoms. The van der Waals surface area contributed by atoms with Gasteiger partial charge in [-0.2, -0.15) is 0 Å². The van der Waals surface area contributed by atoms with E-state index in [1.807, 2.05) is 25.7 Å². The maximum Gasteiger partial charge on any atom is 0.247 e. The van der Waals surface area contributed by atoms with Gasteiger partial charge >= 0.3 is 0 Å². The van der Waals surface area contributed by atoms with Crippen LogP contribution in [0.4, 0.5) is 4.39 Å². The Kier molecular flexibility index (Phi) is 4.39. The fourth-order valence-corrected chi connectivity index (χ4v) is 2.91. The van der Waals surface area contributed by atoms with E-state index in [2.05, 4.69) is 10.2 Å². The molecule has 0 bridgehead atoms. The molecule has 24 heavy (non-hydrogen) atoms. The number of likely N-dealkylation sites (tertiary alicyclic amines) is 1. The summed E-state index contributed by atoms with van der Waals surface area (Å²) in [6.07, 6.45) is 1.62. The fraction of sp³-hybridized carbons (Fsp3) is 0.500. The topological polar surface area (TPSA) is 59.2 Å². The summed E-state index contributed by atoms with van der Waals surface area (Å²) < 4.78 is 18.7. The summed E-state index contributed by atoms with van der Waals surface area (Å²) in [6.45, 7) is 7.22. The highest BCUT2D eigenvalue weighted by molar-refractivity contribution is 5.81. The van der Waals surface area contributed by atoms with E-state index < -0.39 is 0 Å². The van der Waals surface area contributed by atoms with Gasteiger partial charge in [0.15, 0.2) is 0 Å². The van der Waals surface area contributed by atoms with Crippen molar-refractivity contribution in [2.45, 2.75) is 39.5 Å². The van der Waals surface area contributed by atoms with E-state index in [0.717, 1.165) is 12.8 Å². The lowest BCUT2D eigenvalue weighted by atomic mass is 9.91. The van der Waals surface area contributed by atoms with Gasteiger partial charge in [0.25, 0.3) is 0 Å². The molecule has 5 nitrogen and oxygen atoms in total. The molecule has 2 aromatic rings. The third-order valence-corrected chi connectivity index (χ3v) is 4.30. The average Bonchev–Trinajstić information content (AvgIpc) is 3.04. The SMILES string of the molecule is CC(C)(C)C(=O)N1CCC(c2nnc(-c3ccc(F)cc3)o2)CC1. The summed E-state index contributed by atoms with van der Waals surface area (Å²) in [5.41, 5.74) is 0.350. The van der Waals surface area contributed by atoms with Crippen molar-refractivity contribution >= 4 is 5.91 Å². The van der Waals surface area contributed by atoms with Crippen molar-refractivity contribution in [1.82, 2.24) is 15.1 Å². The molecular formula is C18H22FN3O2. The van der Waals surface area contributed by atoms with E-state index in [1.54, 1.807) is 12.1 Å². The Hall–Kier alpha value is -2.24. The highest BCUT2D eigenvalue weighted by Crippen LogP contribution is 2.31. The van der Waals surface area contributed by atoms with Crippen molar-refractivity contribution < 1.29 is 13.6 Å². The van der Waals surface area contributed by atoms with Gasteiger partial charge in [0.2, 0.25) is 17.7 Å². The summed E-state index contributed by atoms with van der Waals surface area (Å²) >= 11 is 0. The molecule has 1 fully saturated rings. The first-order valence-electron chi connectivity index (χ1n) is 8.23. The molecule has 128 valence electrons. The lowest BCUT2D eigenvalue weighted by molar-refractivity contribution is -0.140. The van der Waals surface area contributed by atoms with Gasteiger partial charge in [-0.15, -0.1) is 10.2 Å². The minimum atomic E-state index is -0.354. The van der Waals surface area contributed by atoms with Crippen LogP contribution in [-0.4, -0.2) is 34.1 Å². The first-order chi connectivity index (χ1) is 11.3. The van der Waals surface area contributed by atoms with Gasteiger partial charge in [-0.25, -0.2) is 4.39 Å². The number of amides is 1. The van der Waals surface area contributed by atoms with Crippen molar-refractivity contribution in [3.8, 4) is 11.5 Å². The van der Waals surface area contributed by atoms with Crippen LogP contribution >= 0.6 is 0 Å². The Morgan fingerprint density at radius 3 is 2.38 bits per heavy atom. The van der Waals surface area contributed by atoms with E-state index in [1.165, 1.54) is 12.1 Å². The molecule has 1 aliphatic heterocycles. The maximum atomic E-state index is 13.0. The summed E-state index contributed by atoms with van der Waals surface area (Å²) in [7, 11) is 0. The molecule has 0 unspecified atom stereocenters. The second kappa shape index (κ2) is 6.34. The molecule has 1 aliphatic rings. The maximum absolute atomic E-state index is 13.0. The normalized spacial score (nSPS) is 16.4. The van der Waals surface area contributed by atoms with Crippen molar-refractivity contribution in [2.24, 2.45) is 5.41 Å². The van der Waals surface area contributed by atoms with Crippen molar-refractivity contribution in [3.63, 3.8) is 0 Å². The fourth-order valence-electron chi connectivity index (χ4n) is 2.91. The number of benzene rings is 1. The quantitative estimate of drug-likeness (QED) is 0.843. The zero-order valence-electron chi connectivity index (χ0n) is 14.3. The smallest absolute Gasteiger partial charge is 0.247 e. The molecule has 0 aliphatic carbocycles. The molecule has 0 saturated carbocycles. The second-order valence-corrected chi connectivity index (χ2v) is 7.27. The van der Waals surface area contributed by atoms with Gasteiger partial charge in [-0.1, -0.05) is 20.8 Å². The molecular weight excluding hydrogens is 309 g/mol. The molecule has 1 aromatic carbocycles. The van der Waals surface area contributed by atoms with Gasteiger partial charge in [0.05, 0.1) is 0 Å². The van der Waals surface area contributed by atoms with Crippen LogP contribution in [0.15, 0.2) is 28.7 Å². The predicted molar refractivity (Wildman–Crippen MR) is 87.7 cm³/mol. The number of carbonyl (C=O) groups is 1. The Balaban J connectivity index is 1.65. The monoisotopic (exact) mass is 331 g/mol. The molecule has 3 rings (SSSR count). The largest absolute Gasteiger partial charge is 0.420 e. The zero-order chi connectivity index (χ0) is 17.3. The van der Waals surface area contributed by atoms with Crippen LogP contribution in [0, 0.1) is 11.2 Å². The summed E-state index contributed by atoms with van der Waals surface area (Å²) in [6, 6.07) is 5.99. The van der Waals surface area contributed by atoms with Crippen LogP contribution in [0.2, 0.25) is 0 Å². The lowest BCUT2D eigenvalue weighted by Crippen LogP contribution is -2.43.